The van der Waals surface area contributed by atoms with Gasteiger partial charge in [-0.05, 0) is 26.3 Å². The highest BCUT2D eigenvalue weighted by atomic mass is 16.6. The fourth-order valence-electron chi connectivity index (χ4n) is 1.69. The average Bonchev–Trinajstić information content (AvgIpc) is 3.15. The van der Waals surface area contributed by atoms with E-state index >= 15 is 0 Å². The van der Waals surface area contributed by atoms with Crippen molar-refractivity contribution in [2.45, 2.75) is 39.0 Å². The minimum Gasteiger partial charge on any atom is -0.459 e. The highest BCUT2D eigenvalue weighted by Crippen LogP contribution is 2.23. The van der Waals surface area contributed by atoms with Crippen molar-refractivity contribution in [1.82, 2.24) is 4.90 Å². The molecule has 1 aromatic carbocycles. The van der Waals surface area contributed by atoms with Gasteiger partial charge in [-0.1, -0.05) is 30.3 Å². The molecule has 0 bridgehead atoms. The molecule has 1 fully saturated rings. The average molecular weight is 277 g/mol. The molecule has 1 aliphatic heterocycles. The normalized spacial score (nSPS) is 17.6. The molecule has 0 aromatic heterocycles. The number of esters is 1. The predicted octanol–water partition coefficient (Wildman–Crippen LogP) is 2.35. The number of carbonyl (C=O) groups is 2. The third-order valence-electron chi connectivity index (χ3n) is 2.74. The van der Waals surface area contributed by atoms with E-state index < -0.39 is 17.7 Å². The first-order chi connectivity index (χ1) is 9.37. The van der Waals surface area contributed by atoms with E-state index in [2.05, 4.69) is 0 Å². The second-order valence-corrected chi connectivity index (χ2v) is 5.74. The van der Waals surface area contributed by atoms with E-state index in [1.165, 1.54) is 4.90 Å². The zero-order valence-corrected chi connectivity index (χ0v) is 12.0. The van der Waals surface area contributed by atoms with Crippen LogP contribution in [0.3, 0.4) is 0 Å². The van der Waals surface area contributed by atoms with Crippen LogP contribution in [0.25, 0.3) is 0 Å². The number of amides is 1. The SMILES string of the molecule is CC(C)(C)OC(=O)N1C[C@H]1C(=O)OCc1ccccc1. The Labute approximate surface area is 118 Å². The topological polar surface area (TPSA) is 55.6 Å². The number of rotatable bonds is 3. The summed E-state index contributed by atoms with van der Waals surface area (Å²) in [6, 6.07) is 8.92. The molecule has 5 nitrogen and oxygen atoms in total. The van der Waals surface area contributed by atoms with Gasteiger partial charge < -0.3 is 9.47 Å². The van der Waals surface area contributed by atoms with Gasteiger partial charge in [-0.25, -0.2) is 9.59 Å². The van der Waals surface area contributed by atoms with Crippen LogP contribution in [-0.4, -0.2) is 35.2 Å². The van der Waals surface area contributed by atoms with Crippen LogP contribution >= 0.6 is 0 Å². The number of hydrogen-bond donors (Lipinski definition) is 0. The van der Waals surface area contributed by atoms with Crippen LogP contribution in [0.4, 0.5) is 4.79 Å². The summed E-state index contributed by atoms with van der Waals surface area (Å²) < 4.78 is 10.4. The Bertz CT molecular complexity index is 492. The Morgan fingerprint density at radius 3 is 2.50 bits per heavy atom. The minimum atomic E-state index is -0.557. The van der Waals surface area contributed by atoms with E-state index in [0.29, 0.717) is 6.54 Å². The van der Waals surface area contributed by atoms with Crippen molar-refractivity contribution in [2.75, 3.05) is 6.54 Å². The molecule has 2 rings (SSSR count). The summed E-state index contributed by atoms with van der Waals surface area (Å²) in [5, 5.41) is 0. The Kier molecular flexibility index (Phi) is 3.97. The van der Waals surface area contributed by atoms with Crippen molar-refractivity contribution in [2.24, 2.45) is 0 Å². The van der Waals surface area contributed by atoms with E-state index in [4.69, 9.17) is 9.47 Å². The molecule has 0 N–H and O–H groups in total. The molecule has 0 aliphatic carbocycles. The largest absolute Gasteiger partial charge is 0.459 e. The molecular formula is C15H19NO4. The van der Waals surface area contributed by atoms with Gasteiger partial charge in [-0.3, -0.25) is 4.90 Å². The molecule has 1 saturated heterocycles. The molecule has 1 aliphatic rings. The maximum Gasteiger partial charge on any atom is 0.411 e. The second-order valence-electron chi connectivity index (χ2n) is 5.74. The van der Waals surface area contributed by atoms with Crippen molar-refractivity contribution in [3.8, 4) is 0 Å². The molecule has 0 unspecified atom stereocenters. The molecule has 1 aromatic rings. The highest BCUT2D eigenvalue weighted by molar-refractivity contribution is 5.86. The van der Waals surface area contributed by atoms with Gasteiger partial charge >= 0.3 is 12.1 Å². The first-order valence-corrected chi connectivity index (χ1v) is 6.57. The number of nitrogens with zero attached hydrogens (tertiary/aromatic N) is 1. The fraction of sp³-hybridized carbons (Fsp3) is 0.467. The monoisotopic (exact) mass is 277 g/mol. The quantitative estimate of drug-likeness (QED) is 0.628. The number of hydrogen-bond acceptors (Lipinski definition) is 4. The van der Waals surface area contributed by atoms with Gasteiger partial charge in [-0.2, -0.15) is 0 Å². The molecule has 0 saturated carbocycles. The second kappa shape index (κ2) is 5.53. The Hall–Kier alpha value is -2.04. The van der Waals surface area contributed by atoms with E-state index in [9.17, 15) is 9.59 Å². The van der Waals surface area contributed by atoms with Gasteiger partial charge in [0, 0.05) is 0 Å². The summed E-state index contributed by atoms with van der Waals surface area (Å²) in [7, 11) is 0. The van der Waals surface area contributed by atoms with Crippen LogP contribution < -0.4 is 0 Å². The molecule has 0 radical (unpaired) electrons. The summed E-state index contributed by atoms with van der Waals surface area (Å²) in [4.78, 5) is 24.9. The molecule has 20 heavy (non-hydrogen) atoms. The van der Waals surface area contributed by atoms with Gasteiger partial charge in [0.05, 0.1) is 6.54 Å². The van der Waals surface area contributed by atoms with Crippen LogP contribution in [-0.2, 0) is 20.9 Å². The number of benzene rings is 1. The molecule has 1 amide bonds. The molecule has 1 heterocycles. The lowest BCUT2D eigenvalue weighted by molar-refractivity contribution is -0.145. The molecule has 108 valence electrons. The lowest BCUT2D eigenvalue weighted by Crippen LogP contribution is -2.29. The van der Waals surface area contributed by atoms with Crippen molar-refractivity contribution in [3.05, 3.63) is 35.9 Å². The van der Waals surface area contributed by atoms with Crippen molar-refractivity contribution >= 4 is 12.1 Å². The van der Waals surface area contributed by atoms with Crippen molar-refractivity contribution in [3.63, 3.8) is 0 Å². The highest BCUT2D eigenvalue weighted by Gasteiger charge is 2.47. The standard InChI is InChI=1S/C15H19NO4/c1-15(2,3)20-14(18)16-9-12(16)13(17)19-10-11-7-5-4-6-8-11/h4-8,12H,9-10H2,1-3H3/t12-,16?/m0/s1. The smallest absolute Gasteiger partial charge is 0.411 e. The van der Waals surface area contributed by atoms with Crippen LogP contribution in [0.5, 0.6) is 0 Å². The third-order valence-corrected chi connectivity index (χ3v) is 2.74. The number of ether oxygens (including phenoxy) is 2. The lowest BCUT2D eigenvalue weighted by Gasteiger charge is -2.19. The third kappa shape index (κ3) is 3.98. The molecular weight excluding hydrogens is 258 g/mol. The fourth-order valence-corrected chi connectivity index (χ4v) is 1.69. The van der Waals surface area contributed by atoms with Crippen molar-refractivity contribution in [1.29, 1.82) is 0 Å². The molecule has 0 spiro atoms. The molecule has 1 atom stereocenters. The van der Waals surface area contributed by atoms with E-state index in [1.54, 1.807) is 20.8 Å². The van der Waals surface area contributed by atoms with E-state index in [-0.39, 0.29) is 12.6 Å². The maximum atomic E-state index is 11.8. The van der Waals surface area contributed by atoms with Crippen LogP contribution in [0.2, 0.25) is 0 Å². The van der Waals surface area contributed by atoms with E-state index in [1.807, 2.05) is 30.3 Å². The zero-order chi connectivity index (χ0) is 14.8. The zero-order valence-electron chi connectivity index (χ0n) is 12.0. The lowest BCUT2D eigenvalue weighted by atomic mass is 10.2. The van der Waals surface area contributed by atoms with Crippen LogP contribution in [0, 0.1) is 0 Å². The summed E-state index contributed by atoms with van der Waals surface area (Å²) >= 11 is 0. The summed E-state index contributed by atoms with van der Waals surface area (Å²) in [5.41, 5.74) is 0.364. The van der Waals surface area contributed by atoms with Crippen molar-refractivity contribution < 1.29 is 19.1 Å². The Balaban J connectivity index is 1.77. The van der Waals surface area contributed by atoms with Gasteiger partial charge in [0.1, 0.15) is 12.2 Å². The Morgan fingerprint density at radius 1 is 1.25 bits per heavy atom. The van der Waals surface area contributed by atoms with Crippen LogP contribution in [0.1, 0.15) is 26.3 Å². The van der Waals surface area contributed by atoms with Gasteiger partial charge in [0.2, 0.25) is 0 Å². The first-order valence-electron chi connectivity index (χ1n) is 6.57. The van der Waals surface area contributed by atoms with Gasteiger partial charge in [0.15, 0.2) is 6.04 Å². The number of carbonyl (C=O) groups excluding carboxylic acids is 2. The van der Waals surface area contributed by atoms with E-state index in [0.717, 1.165) is 5.56 Å². The molecule has 5 heteroatoms. The maximum absolute atomic E-state index is 11.8. The minimum absolute atomic E-state index is 0.221. The summed E-state index contributed by atoms with van der Waals surface area (Å²) in [6.45, 7) is 5.95. The van der Waals surface area contributed by atoms with Crippen LogP contribution in [0.15, 0.2) is 30.3 Å². The summed E-state index contributed by atoms with van der Waals surface area (Å²) in [5.74, 6) is -0.389. The predicted molar refractivity (Wildman–Crippen MR) is 73.0 cm³/mol. The van der Waals surface area contributed by atoms with Gasteiger partial charge in [-0.15, -0.1) is 0 Å². The van der Waals surface area contributed by atoms with Gasteiger partial charge in [0.25, 0.3) is 0 Å². The summed E-state index contributed by atoms with van der Waals surface area (Å²) in [6.07, 6.45) is -0.473. The first kappa shape index (κ1) is 14.4. The Morgan fingerprint density at radius 2 is 1.90 bits per heavy atom.